The second-order valence-electron chi connectivity index (χ2n) is 4.83. The van der Waals surface area contributed by atoms with Crippen LogP contribution in [0.2, 0.25) is 0 Å². The van der Waals surface area contributed by atoms with Crippen molar-refractivity contribution >= 4 is 5.97 Å². The summed E-state index contributed by atoms with van der Waals surface area (Å²) < 4.78 is 16.8. The lowest BCUT2D eigenvalue weighted by Gasteiger charge is -2.72. The molecule has 3 fully saturated rings. The van der Waals surface area contributed by atoms with Crippen molar-refractivity contribution in [3.63, 3.8) is 0 Å². The predicted octanol–water partition coefficient (Wildman–Crippen LogP) is 1.02. The Hall–Kier alpha value is -0.640. The summed E-state index contributed by atoms with van der Waals surface area (Å²) in [5, 5.41) is 0. The Morgan fingerprint density at radius 2 is 2.14 bits per heavy atom. The molecule has 14 heavy (non-hydrogen) atoms. The first-order valence-corrected chi connectivity index (χ1v) is 4.97. The number of halogens is 1. The molecule has 2 bridgehead atoms. The van der Waals surface area contributed by atoms with E-state index < -0.39 is 6.04 Å². The van der Waals surface area contributed by atoms with E-state index in [1.165, 1.54) is 7.11 Å². The van der Waals surface area contributed by atoms with Gasteiger partial charge in [0.2, 0.25) is 0 Å². The number of nitrogens with two attached hydrogens (primary N) is 1. The van der Waals surface area contributed by atoms with Crippen LogP contribution in [0.3, 0.4) is 0 Å². The van der Waals surface area contributed by atoms with Crippen LogP contribution in [-0.2, 0) is 9.53 Å². The van der Waals surface area contributed by atoms with Crippen molar-refractivity contribution in [3.05, 3.63) is 0 Å². The molecular formula is C10H16FNO2. The highest BCUT2D eigenvalue weighted by Crippen LogP contribution is 2.75. The maximum absolute atomic E-state index is 12.2. The molecule has 0 amide bonds. The number of hydrogen-bond acceptors (Lipinski definition) is 3. The van der Waals surface area contributed by atoms with Crippen molar-refractivity contribution in [2.24, 2.45) is 16.6 Å². The standard InChI is InChI=1S/C10H16FNO2/c1-14-8(13)7(12)10-4-9(5-10,6-10)2-3-11/h7H,2-6,12H2,1H3. The Balaban J connectivity index is 1.90. The molecule has 3 saturated carbocycles. The van der Waals surface area contributed by atoms with E-state index in [9.17, 15) is 9.18 Å². The summed E-state index contributed by atoms with van der Waals surface area (Å²) in [4.78, 5) is 11.2. The Kier molecular flexibility index (Phi) is 2.07. The number of rotatable bonds is 4. The molecule has 0 spiro atoms. The summed E-state index contributed by atoms with van der Waals surface area (Å²) in [6.45, 7) is -0.260. The molecule has 0 aromatic heterocycles. The molecule has 0 heterocycles. The largest absolute Gasteiger partial charge is 0.468 e. The van der Waals surface area contributed by atoms with Gasteiger partial charge in [-0.1, -0.05) is 0 Å². The second kappa shape index (κ2) is 2.92. The lowest BCUT2D eigenvalue weighted by molar-refractivity contribution is -0.225. The van der Waals surface area contributed by atoms with Gasteiger partial charge in [-0.15, -0.1) is 0 Å². The Morgan fingerprint density at radius 3 is 2.57 bits per heavy atom. The maximum Gasteiger partial charge on any atom is 0.323 e. The van der Waals surface area contributed by atoms with Crippen molar-refractivity contribution in [1.82, 2.24) is 0 Å². The zero-order valence-corrected chi connectivity index (χ0v) is 8.38. The number of carbonyl (C=O) groups excluding carboxylic acids is 1. The molecule has 0 aromatic rings. The molecule has 4 heteroatoms. The van der Waals surface area contributed by atoms with E-state index in [1.807, 2.05) is 0 Å². The van der Waals surface area contributed by atoms with E-state index in [0.717, 1.165) is 19.3 Å². The summed E-state index contributed by atoms with van der Waals surface area (Å²) in [6.07, 6.45) is 3.34. The van der Waals surface area contributed by atoms with Gasteiger partial charge in [-0.3, -0.25) is 9.18 Å². The molecule has 0 radical (unpaired) electrons. The fourth-order valence-corrected chi connectivity index (χ4v) is 3.26. The van der Waals surface area contributed by atoms with Crippen molar-refractivity contribution in [2.75, 3.05) is 13.8 Å². The Morgan fingerprint density at radius 1 is 1.57 bits per heavy atom. The van der Waals surface area contributed by atoms with E-state index >= 15 is 0 Å². The summed E-state index contributed by atoms with van der Waals surface area (Å²) in [5.74, 6) is -0.335. The van der Waals surface area contributed by atoms with Gasteiger partial charge in [0.05, 0.1) is 13.8 Å². The molecule has 3 nitrogen and oxygen atoms in total. The highest BCUT2D eigenvalue weighted by molar-refractivity contribution is 5.77. The third kappa shape index (κ3) is 1.10. The smallest absolute Gasteiger partial charge is 0.323 e. The van der Waals surface area contributed by atoms with Gasteiger partial charge in [0, 0.05) is 0 Å². The number of ether oxygens (including phenoxy) is 1. The van der Waals surface area contributed by atoms with Gasteiger partial charge in [0.25, 0.3) is 0 Å². The second-order valence-corrected chi connectivity index (χ2v) is 4.83. The molecule has 1 atom stereocenters. The SMILES string of the molecule is COC(=O)C(N)C12CC(CCF)(C1)C2. The van der Waals surface area contributed by atoms with Gasteiger partial charge in [-0.2, -0.15) is 0 Å². The molecule has 3 aliphatic rings. The first kappa shape index (κ1) is 9.90. The number of methoxy groups -OCH3 is 1. The first-order valence-electron chi connectivity index (χ1n) is 4.97. The molecule has 0 aromatic carbocycles. The van der Waals surface area contributed by atoms with Gasteiger partial charge < -0.3 is 10.5 Å². The van der Waals surface area contributed by atoms with Crippen LogP contribution in [0.25, 0.3) is 0 Å². The van der Waals surface area contributed by atoms with Crippen molar-refractivity contribution < 1.29 is 13.9 Å². The molecule has 0 aliphatic heterocycles. The van der Waals surface area contributed by atoms with Gasteiger partial charge in [0.1, 0.15) is 6.04 Å². The molecule has 0 saturated heterocycles. The molecule has 3 aliphatic carbocycles. The first-order chi connectivity index (χ1) is 6.57. The summed E-state index contributed by atoms with van der Waals surface area (Å²) in [6, 6.07) is -0.506. The molecule has 1 unspecified atom stereocenters. The van der Waals surface area contributed by atoms with Crippen LogP contribution in [0.1, 0.15) is 25.7 Å². The number of alkyl halides is 1. The highest BCUT2D eigenvalue weighted by Gasteiger charge is 2.70. The van der Waals surface area contributed by atoms with Crippen LogP contribution in [0.4, 0.5) is 4.39 Å². The van der Waals surface area contributed by atoms with Crippen LogP contribution in [0, 0.1) is 10.8 Å². The van der Waals surface area contributed by atoms with E-state index in [-0.39, 0.29) is 23.5 Å². The zero-order valence-electron chi connectivity index (χ0n) is 8.38. The monoisotopic (exact) mass is 201 g/mol. The van der Waals surface area contributed by atoms with Gasteiger partial charge >= 0.3 is 5.97 Å². The number of esters is 1. The van der Waals surface area contributed by atoms with E-state index in [0.29, 0.717) is 6.42 Å². The topological polar surface area (TPSA) is 52.3 Å². The average molecular weight is 201 g/mol. The van der Waals surface area contributed by atoms with Gasteiger partial charge in [-0.05, 0) is 36.5 Å². The van der Waals surface area contributed by atoms with Crippen LogP contribution in [-0.4, -0.2) is 25.8 Å². The zero-order chi connectivity index (χ0) is 10.4. The average Bonchev–Trinajstić information content (AvgIpc) is 2.06. The third-order valence-electron chi connectivity index (χ3n) is 3.92. The quantitative estimate of drug-likeness (QED) is 0.691. The fourth-order valence-electron chi connectivity index (χ4n) is 3.26. The van der Waals surface area contributed by atoms with Crippen LogP contribution >= 0.6 is 0 Å². The summed E-state index contributed by atoms with van der Waals surface area (Å²) in [5.41, 5.74) is 5.92. The molecule has 3 rings (SSSR count). The lowest BCUT2D eigenvalue weighted by atomic mass is 9.32. The van der Waals surface area contributed by atoms with E-state index in [1.54, 1.807) is 0 Å². The number of hydrogen-bond donors (Lipinski definition) is 1. The van der Waals surface area contributed by atoms with Crippen molar-refractivity contribution in [2.45, 2.75) is 31.7 Å². The van der Waals surface area contributed by atoms with E-state index in [2.05, 4.69) is 4.74 Å². The summed E-state index contributed by atoms with van der Waals surface area (Å²) >= 11 is 0. The minimum absolute atomic E-state index is 0.0533. The molecule has 2 N–H and O–H groups in total. The lowest BCUT2D eigenvalue weighted by Crippen LogP contribution is -2.70. The minimum atomic E-state index is -0.506. The summed E-state index contributed by atoms with van der Waals surface area (Å²) in [7, 11) is 1.35. The third-order valence-corrected chi connectivity index (χ3v) is 3.92. The number of carbonyl (C=O) groups is 1. The maximum atomic E-state index is 12.2. The van der Waals surface area contributed by atoms with E-state index in [4.69, 9.17) is 5.73 Å². The Bertz CT molecular complexity index is 247. The normalized spacial score (nSPS) is 40.8. The van der Waals surface area contributed by atoms with Crippen LogP contribution < -0.4 is 5.73 Å². The van der Waals surface area contributed by atoms with Crippen molar-refractivity contribution in [3.8, 4) is 0 Å². The van der Waals surface area contributed by atoms with Gasteiger partial charge in [0.15, 0.2) is 0 Å². The molecular weight excluding hydrogens is 185 g/mol. The Labute approximate surface area is 82.8 Å². The predicted molar refractivity (Wildman–Crippen MR) is 49.3 cm³/mol. The fraction of sp³-hybridized carbons (Fsp3) is 0.900. The molecule has 80 valence electrons. The minimum Gasteiger partial charge on any atom is -0.468 e. The van der Waals surface area contributed by atoms with Crippen LogP contribution in [0.5, 0.6) is 0 Å². The van der Waals surface area contributed by atoms with Crippen LogP contribution in [0.15, 0.2) is 0 Å². The van der Waals surface area contributed by atoms with Gasteiger partial charge in [-0.25, -0.2) is 0 Å². The highest BCUT2D eigenvalue weighted by atomic mass is 19.1. The van der Waals surface area contributed by atoms with Crippen molar-refractivity contribution in [1.29, 1.82) is 0 Å².